The Morgan fingerprint density at radius 1 is 1.16 bits per heavy atom. The number of halogens is 3. The molecule has 0 atom stereocenters. The molecule has 0 radical (unpaired) electrons. The van der Waals surface area contributed by atoms with E-state index in [1.165, 1.54) is 0 Å². The Kier molecular flexibility index (Phi) is 4.97. The van der Waals surface area contributed by atoms with Crippen molar-refractivity contribution in [3.05, 3.63) is 62.3 Å². The molecule has 0 aliphatic heterocycles. The molecule has 19 heavy (non-hydrogen) atoms. The van der Waals surface area contributed by atoms with Gasteiger partial charge in [0.25, 0.3) is 0 Å². The van der Waals surface area contributed by atoms with Gasteiger partial charge in [0.2, 0.25) is 0 Å². The summed E-state index contributed by atoms with van der Waals surface area (Å²) in [4.78, 5) is 16.0. The number of hydrogen-bond donors (Lipinski definition) is 0. The zero-order valence-electron chi connectivity index (χ0n) is 9.87. The number of nitrogens with zero attached hydrogens (tertiary/aromatic N) is 1. The van der Waals surface area contributed by atoms with E-state index in [1.54, 1.807) is 30.6 Å². The van der Waals surface area contributed by atoms with Gasteiger partial charge in [0.15, 0.2) is 0 Å². The lowest BCUT2D eigenvalue weighted by Gasteiger charge is -2.05. The Bertz CT molecular complexity index is 616. The second-order valence-corrected chi connectivity index (χ2v) is 5.90. The molecule has 0 amide bonds. The van der Waals surface area contributed by atoms with Crippen LogP contribution in [0.1, 0.15) is 11.1 Å². The molecule has 5 heteroatoms. The number of pyridine rings is 1. The summed E-state index contributed by atoms with van der Waals surface area (Å²) in [7, 11) is 0. The molecule has 1 aromatic carbocycles. The van der Waals surface area contributed by atoms with Gasteiger partial charge in [-0.05, 0) is 45.3 Å². The Morgan fingerprint density at radius 3 is 2.63 bits per heavy atom. The van der Waals surface area contributed by atoms with Crippen molar-refractivity contribution in [3.63, 3.8) is 0 Å². The molecule has 0 saturated heterocycles. The van der Waals surface area contributed by atoms with Crippen LogP contribution in [0.5, 0.6) is 0 Å². The van der Waals surface area contributed by atoms with E-state index in [2.05, 4.69) is 20.9 Å². The van der Waals surface area contributed by atoms with Gasteiger partial charge in [-0.2, -0.15) is 0 Å². The van der Waals surface area contributed by atoms with E-state index in [-0.39, 0.29) is 5.78 Å². The Morgan fingerprint density at radius 2 is 1.95 bits per heavy atom. The van der Waals surface area contributed by atoms with Gasteiger partial charge in [-0.1, -0.05) is 29.3 Å². The fraction of sp³-hybridized carbons (Fsp3) is 0.143. The van der Waals surface area contributed by atoms with Crippen LogP contribution < -0.4 is 0 Å². The van der Waals surface area contributed by atoms with Crippen LogP contribution in [0.3, 0.4) is 0 Å². The first kappa shape index (κ1) is 14.5. The van der Waals surface area contributed by atoms with Crippen LogP contribution in [0, 0.1) is 0 Å². The number of carbonyl (C=O) groups is 1. The summed E-state index contributed by atoms with van der Waals surface area (Å²) in [5.74, 6) is 0.0872. The molecular weight excluding hydrogens is 349 g/mol. The van der Waals surface area contributed by atoms with Crippen molar-refractivity contribution < 1.29 is 4.79 Å². The normalized spacial score (nSPS) is 10.5. The number of Topliss-reactive ketones (excluding diaryl/α,β-unsaturated/α-hetero) is 1. The maximum atomic E-state index is 12.0. The molecule has 1 heterocycles. The Labute approximate surface area is 129 Å². The minimum absolute atomic E-state index is 0.0872. The predicted octanol–water partition coefficient (Wildman–Crippen LogP) is 4.51. The highest BCUT2D eigenvalue weighted by atomic mass is 79.9. The van der Waals surface area contributed by atoms with Crippen LogP contribution in [-0.4, -0.2) is 10.8 Å². The molecule has 1 aromatic heterocycles. The smallest absolute Gasteiger partial charge is 0.141 e. The van der Waals surface area contributed by atoms with E-state index < -0.39 is 0 Å². The summed E-state index contributed by atoms with van der Waals surface area (Å²) in [6.07, 6.45) is 4.00. The van der Waals surface area contributed by atoms with Gasteiger partial charge in [-0.3, -0.25) is 9.78 Å². The molecule has 2 rings (SSSR count). The summed E-state index contributed by atoms with van der Waals surface area (Å²) in [6, 6.07) is 7.04. The molecule has 2 nitrogen and oxygen atoms in total. The monoisotopic (exact) mass is 357 g/mol. The van der Waals surface area contributed by atoms with Crippen molar-refractivity contribution >= 4 is 44.9 Å². The van der Waals surface area contributed by atoms with Crippen LogP contribution >= 0.6 is 39.1 Å². The van der Waals surface area contributed by atoms with Crippen LogP contribution in [0.2, 0.25) is 10.0 Å². The van der Waals surface area contributed by atoms with Crippen molar-refractivity contribution in [3.8, 4) is 0 Å². The highest BCUT2D eigenvalue weighted by Gasteiger charge is 2.09. The van der Waals surface area contributed by atoms with Gasteiger partial charge in [0.05, 0.1) is 0 Å². The molecule has 0 bridgehead atoms. The lowest BCUT2D eigenvalue weighted by Crippen LogP contribution is -2.07. The van der Waals surface area contributed by atoms with Crippen molar-refractivity contribution in [1.29, 1.82) is 0 Å². The van der Waals surface area contributed by atoms with E-state index in [4.69, 9.17) is 23.2 Å². The van der Waals surface area contributed by atoms with Gasteiger partial charge < -0.3 is 0 Å². The third-order valence-electron chi connectivity index (χ3n) is 2.57. The number of ketones is 1. The third kappa shape index (κ3) is 4.30. The second kappa shape index (κ2) is 6.51. The minimum atomic E-state index is 0.0872. The summed E-state index contributed by atoms with van der Waals surface area (Å²) in [5, 5.41) is 1.09. The van der Waals surface area contributed by atoms with Gasteiger partial charge in [0, 0.05) is 39.8 Å². The van der Waals surface area contributed by atoms with E-state index in [0.717, 1.165) is 15.6 Å². The third-order valence-corrected chi connectivity index (χ3v) is 3.59. The van der Waals surface area contributed by atoms with Crippen molar-refractivity contribution in [1.82, 2.24) is 4.98 Å². The highest BCUT2D eigenvalue weighted by Crippen LogP contribution is 2.22. The summed E-state index contributed by atoms with van der Waals surface area (Å²) < 4.78 is 0.863. The molecular formula is C14H10BrCl2NO. The number of benzene rings is 1. The lowest BCUT2D eigenvalue weighted by atomic mass is 10.0. The van der Waals surface area contributed by atoms with E-state index in [0.29, 0.717) is 22.9 Å². The van der Waals surface area contributed by atoms with Gasteiger partial charge in [0.1, 0.15) is 5.78 Å². The first-order valence-corrected chi connectivity index (χ1v) is 7.14. The number of aromatic nitrogens is 1. The van der Waals surface area contributed by atoms with E-state index in [1.807, 2.05) is 6.07 Å². The van der Waals surface area contributed by atoms with Crippen LogP contribution in [-0.2, 0) is 17.6 Å². The Hall–Kier alpha value is -0.900. The molecule has 0 spiro atoms. The summed E-state index contributed by atoms with van der Waals surface area (Å²) in [5.41, 5.74) is 1.67. The Balaban J connectivity index is 2.05. The fourth-order valence-corrected chi connectivity index (χ4v) is 2.61. The van der Waals surface area contributed by atoms with Crippen molar-refractivity contribution in [2.24, 2.45) is 0 Å². The highest BCUT2D eigenvalue weighted by molar-refractivity contribution is 9.10. The van der Waals surface area contributed by atoms with Gasteiger partial charge >= 0.3 is 0 Å². The van der Waals surface area contributed by atoms with Crippen LogP contribution in [0.4, 0.5) is 0 Å². The molecule has 0 unspecified atom stereocenters. The van der Waals surface area contributed by atoms with Crippen LogP contribution in [0.15, 0.2) is 41.1 Å². The maximum Gasteiger partial charge on any atom is 0.141 e. The number of carbonyl (C=O) groups excluding carboxylic acids is 1. The zero-order chi connectivity index (χ0) is 13.8. The van der Waals surface area contributed by atoms with E-state index >= 15 is 0 Å². The average molecular weight is 359 g/mol. The molecule has 0 aliphatic carbocycles. The molecule has 0 saturated carbocycles. The van der Waals surface area contributed by atoms with Crippen molar-refractivity contribution in [2.75, 3.05) is 0 Å². The van der Waals surface area contributed by atoms with E-state index in [9.17, 15) is 4.79 Å². The quantitative estimate of drug-likeness (QED) is 0.805. The first-order chi connectivity index (χ1) is 9.04. The number of hydrogen-bond acceptors (Lipinski definition) is 2. The predicted molar refractivity (Wildman–Crippen MR) is 80.8 cm³/mol. The largest absolute Gasteiger partial charge is 0.299 e. The fourth-order valence-electron chi connectivity index (χ4n) is 1.72. The van der Waals surface area contributed by atoms with Gasteiger partial charge in [-0.25, -0.2) is 0 Å². The molecule has 0 aliphatic rings. The molecule has 0 fully saturated rings. The molecule has 0 N–H and O–H groups in total. The molecule has 2 aromatic rings. The SMILES string of the molecule is O=C(Cc1cncc(Br)c1)Cc1ccc(Cl)cc1Cl. The van der Waals surface area contributed by atoms with Crippen LogP contribution in [0.25, 0.3) is 0 Å². The molecule has 98 valence electrons. The van der Waals surface area contributed by atoms with Gasteiger partial charge in [-0.15, -0.1) is 0 Å². The topological polar surface area (TPSA) is 30.0 Å². The van der Waals surface area contributed by atoms with Crippen molar-refractivity contribution in [2.45, 2.75) is 12.8 Å². The minimum Gasteiger partial charge on any atom is -0.299 e. The average Bonchev–Trinajstić information content (AvgIpc) is 2.33. The number of rotatable bonds is 4. The standard InChI is InChI=1S/C14H10BrCl2NO/c15-11-3-9(7-18-8-11)4-13(19)5-10-1-2-12(16)6-14(10)17/h1-3,6-8H,4-5H2. The lowest BCUT2D eigenvalue weighted by molar-refractivity contribution is -0.117. The summed E-state index contributed by atoms with van der Waals surface area (Å²) >= 11 is 15.2. The summed E-state index contributed by atoms with van der Waals surface area (Å²) in [6.45, 7) is 0. The maximum absolute atomic E-state index is 12.0. The first-order valence-electron chi connectivity index (χ1n) is 5.59. The second-order valence-electron chi connectivity index (χ2n) is 4.14. The zero-order valence-corrected chi connectivity index (χ0v) is 13.0.